The fraction of sp³-hybridized carbons (Fsp3) is 1.00. The Balaban J connectivity index is 4.63. The van der Waals surface area contributed by atoms with Gasteiger partial charge in [-0.25, -0.2) is 0 Å². The van der Waals surface area contributed by atoms with Crippen molar-refractivity contribution in [1.82, 2.24) is 0 Å². The third-order valence-electron chi connectivity index (χ3n) is 1.07. The summed E-state index contributed by atoms with van der Waals surface area (Å²) in [7, 11) is 0. The Bertz CT molecular complexity index is 224. The fourth-order valence-corrected chi connectivity index (χ4v) is 20.8. The van der Waals surface area contributed by atoms with Crippen molar-refractivity contribution in [3.8, 4) is 0 Å². The van der Waals surface area contributed by atoms with Crippen LogP contribution in [0.25, 0.3) is 0 Å². The van der Waals surface area contributed by atoms with Crippen LogP contribution in [0.5, 0.6) is 0 Å². The first-order chi connectivity index (χ1) is 6.54. The van der Waals surface area contributed by atoms with E-state index in [1.165, 1.54) is 0 Å². The van der Waals surface area contributed by atoms with Crippen LogP contribution in [-0.2, 0) is 11.9 Å². The molecule has 0 unspecified atom stereocenters. The standard InChI is InChI=1S/C6H15O3PSe.3CH3.Sn/c1-5(2)8-10(7,11)9-6(3)4;;;;/h5-6H,1-4H3,(H,7,11);3*1H3;/q;;;;+1/p-1. The summed E-state index contributed by atoms with van der Waals surface area (Å²) in [6.07, 6.45) is -2.00. The van der Waals surface area contributed by atoms with Gasteiger partial charge in [-0.05, 0) is 0 Å². The molecule has 0 aromatic rings. The van der Waals surface area contributed by atoms with Gasteiger partial charge in [0.25, 0.3) is 0 Å². The molecule has 0 saturated carbocycles. The molecule has 0 aromatic heterocycles. The van der Waals surface area contributed by atoms with Crippen LogP contribution in [0.2, 0.25) is 14.8 Å². The molecule has 0 fully saturated rings. The molecule has 0 spiro atoms. The van der Waals surface area contributed by atoms with E-state index in [0.717, 1.165) is 0 Å². The van der Waals surface area contributed by atoms with Crippen molar-refractivity contribution >= 4 is 40.1 Å². The summed E-state index contributed by atoms with van der Waals surface area (Å²) >= 11 is 0.640. The van der Waals surface area contributed by atoms with Gasteiger partial charge < -0.3 is 0 Å². The Morgan fingerprint density at radius 3 is 1.47 bits per heavy atom. The monoisotopic (exact) mass is 410 g/mol. The van der Waals surface area contributed by atoms with Crippen molar-refractivity contribution in [3.63, 3.8) is 0 Å². The summed E-state index contributed by atoms with van der Waals surface area (Å²) in [6, 6.07) is 0. The van der Waals surface area contributed by atoms with Gasteiger partial charge in [0.2, 0.25) is 0 Å². The first-order valence-corrected chi connectivity index (χ1v) is 18.7. The second-order valence-corrected chi connectivity index (χ2v) is 22.9. The van der Waals surface area contributed by atoms with Gasteiger partial charge in [-0.15, -0.1) is 0 Å². The molecular weight excluding hydrogens is 385 g/mol. The summed E-state index contributed by atoms with van der Waals surface area (Å²) in [5.74, 6) is 0. The molecule has 3 nitrogen and oxygen atoms in total. The molecular formula is C9H23O3PSeSn. The second kappa shape index (κ2) is 6.53. The summed E-state index contributed by atoms with van der Waals surface area (Å²) in [6.45, 7) is 7.99. The maximum atomic E-state index is 6.07. The fourth-order valence-electron chi connectivity index (χ4n) is 0.920. The predicted molar refractivity (Wildman–Crippen MR) is 69.5 cm³/mol. The van der Waals surface area contributed by atoms with E-state index in [1.54, 1.807) is 0 Å². The van der Waals surface area contributed by atoms with E-state index in [9.17, 15) is 0 Å². The molecule has 0 N–H and O–H groups in total. The van der Waals surface area contributed by atoms with Crippen LogP contribution >= 0.6 is 6.19 Å². The average molecular weight is 408 g/mol. The van der Waals surface area contributed by atoms with E-state index in [0.29, 0.717) is 0 Å². The SMILES string of the molecule is CC(C)OP(=[Se])(OC(C)C)[O][Sn]([CH3])([CH3])[CH3]. The maximum absolute atomic E-state index is 6.07. The van der Waals surface area contributed by atoms with Crippen molar-refractivity contribution < 1.29 is 11.9 Å². The molecule has 0 heterocycles. The summed E-state index contributed by atoms with van der Waals surface area (Å²) in [5, 5.41) is 0. The van der Waals surface area contributed by atoms with Crippen LogP contribution in [0, 0.1) is 0 Å². The zero-order chi connectivity index (χ0) is 12.3. The third-order valence-corrected chi connectivity index (χ3v) is 14.0. The van der Waals surface area contributed by atoms with Gasteiger partial charge in [0, 0.05) is 0 Å². The molecule has 0 bridgehead atoms. The third kappa shape index (κ3) is 9.34. The van der Waals surface area contributed by atoms with E-state index < -0.39 is 25.0 Å². The summed E-state index contributed by atoms with van der Waals surface area (Å²) in [4.78, 5) is 6.61. The van der Waals surface area contributed by atoms with E-state index in [1.807, 2.05) is 27.7 Å². The minimum absolute atomic E-state index is 0.118. The van der Waals surface area contributed by atoms with E-state index in [2.05, 4.69) is 29.9 Å². The minimum atomic E-state index is -2.37. The topological polar surface area (TPSA) is 27.7 Å². The molecule has 0 saturated heterocycles. The van der Waals surface area contributed by atoms with Crippen LogP contribution in [0.4, 0.5) is 0 Å². The molecule has 6 heteroatoms. The van der Waals surface area contributed by atoms with Crippen LogP contribution in [-0.4, -0.2) is 46.1 Å². The van der Waals surface area contributed by atoms with Crippen LogP contribution < -0.4 is 0 Å². The van der Waals surface area contributed by atoms with Gasteiger partial charge in [-0.1, -0.05) is 0 Å². The number of rotatable bonds is 6. The first-order valence-electron chi connectivity index (χ1n) is 5.22. The Morgan fingerprint density at radius 2 is 1.27 bits per heavy atom. The Kier molecular flexibility index (Phi) is 7.24. The van der Waals surface area contributed by atoms with Crippen LogP contribution in [0.1, 0.15) is 27.7 Å². The number of hydrogen-bond acceptors (Lipinski definition) is 3. The van der Waals surface area contributed by atoms with Crippen LogP contribution in [0.15, 0.2) is 0 Å². The van der Waals surface area contributed by atoms with Crippen molar-refractivity contribution in [3.05, 3.63) is 0 Å². The molecule has 92 valence electrons. The van der Waals surface area contributed by atoms with Crippen molar-refractivity contribution in [1.29, 1.82) is 0 Å². The van der Waals surface area contributed by atoms with Gasteiger partial charge in [-0.3, -0.25) is 0 Å². The molecule has 0 aliphatic heterocycles. The molecule has 0 radical (unpaired) electrons. The molecule has 15 heavy (non-hydrogen) atoms. The molecule has 0 aliphatic rings. The zero-order valence-corrected chi connectivity index (χ0v) is 16.2. The summed E-state index contributed by atoms with van der Waals surface area (Å²) < 4.78 is 17.6. The molecule has 0 aromatic carbocycles. The first kappa shape index (κ1) is 16.6. The molecule has 0 aliphatic carbocycles. The Labute approximate surface area is 106 Å². The molecule has 0 atom stereocenters. The Morgan fingerprint density at radius 1 is 0.933 bits per heavy atom. The van der Waals surface area contributed by atoms with Crippen molar-refractivity contribution in [2.24, 2.45) is 0 Å². The van der Waals surface area contributed by atoms with Crippen LogP contribution in [0.3, 0.4) is 0 Å². The average Bonchev–Trinajstić information content (AvgIpc) is 1.73. The van der Waals surface area contributed by atoms with Gasteiger partial charge in [0.05, 0.1) is 0 Å². The molecule has 0 amide bonds. The normalized spacial score (nSPS) is 13.9. The summed E-state index contributed by atoms with van der Waals surface area (Å²) in [5.41, 5.74) is 0. The van der Waals surface area contributed by atoms with Crippen molar-refractivity contribution in [2.45, 2.75) is 54.7 Å². The van der Waals surface area contributed by atoms with Gasteiger partial charge in [0.1, 0.15) is 0 Å². The van der Waals surface area contributed by atoms with Gasteiger partial charge in [0.15, 0.2) is 0 Å². The predicted octanol–water partition coefficient (Wildman–Crippen LogP) is 3.53. The van der Waals surface area contributed by atoms with Gasteiger partial charge in [-0.2, -0.15) is 0 Å². The second-order valence-electron chi connectivity index (χ2n) is 4.96. The van der Waals surface area contributed by atoms with Crippen molar-refractivity contribution in [2.75, 3.05) is 0 Å². The Hall–Kier alpha value is 1.63. The zero-order valence-electron chi connectivity index (χ0n) is 10.7. The van der Waals surface area contributed by atoms with Gasteiger partial charge >= 0.3 is 107 Å². The van der Waals surface area contributed by atoms with E-state index in [4.69, 9.17) is 11.9 Å². The van der Waals surface area contributed by atoms with E-state index >= 15 is 0 Å². The molecule has 0 rings (SSSR count). The quantitative estimate of drug-likeness (QED) is 0.498. The van der Waals surface area contributed by atoms with E-state index in [-0.39, 0.29) is 12.2 Å². The number of hydrogen-bond donors (Lipinski definition) is 0.